The molecular formula is C4H8O6S. The fourth-order valence-electron chi connectivity index (χ4n) is 0.325. The number of carbonyl (C=O) groups is 1. The molecule has 0 fully saturated rings. The Balaban J connectivity index is 3.37. The highest BCUT2D eigenvalue weighted by atomic mass is 32.3. The van der Waals surface area contributed by atoms with Gasteiger partial charge in [0, 0.05) is 6.92 Å². The van der Waals surface area contributed by atoms with Crippen LogP contribution in [0.5, 0.6) is 0 Å². The van der Waals surface area contributed by atoms with Gasteiger partial charge in [0.05, 0.1) is 0 Å². The van der Waals surface area contributed by atoms with Gasteiger partial charge < -0.3 is 4.74 Å². The Morgan fingerprint density at radius 1 is 1.45 bits per heavy atom. The molecule has 0 amide bonds. The van der Waals surface area contributed by atoms with Crippen LogP contribution in [0.25, 0.3) is 0 Å². The summed E-state index contributed by atoms with van der Waals surface area (Å²) in [5, 5.41) is 0. The van der Waals surface area contributed by atoms with Crippen molar-refractivity contribution in [3.63, 3.8) is 0 Å². The van der Waals surface area contributed by atoms with Crippen molar-refractivity contribution in [2.24, 2.45) is 0 Å². The molecule has 0 aromatic carbocycles. The van der Waals surface area contributed by atoms with Crippen LogP contribution in [0.2, 0.25) is 0 Å². The number of esters is 1. The van der Waals surface area contributed by atoms with Gasteiger partial charge in [-0.25, -0.2) is 4.18 Å². The summed E-state index contributed by atoms with van der Waals surface area (Å²) in [6, 6.07) is 0. The van der Waals surface area contributed by atoms with E-state index in [4.69, 9.17) is 4.55 Å². The highest BCUT2D eigenvalue weighted by Gasteiger charge is 2.03. The lowest BCUT2D eigenvalue weighted by Crippen LogP contribution is -2.11. The van der Waals surface area contributed by atoms with E-state index in [1.165, 1.54) is 6.92 Å². The van der Waals surface area contributed by atoms with Gasteiger partial charge in [-0.2, -0.15) is 8.42 Å². The Kier molecular flexibility index (Phi) is 4.01. The largest absolute Gasteiger partial charge is 0.463 e. The molecule has 0 radical (unpaired) electrons. The van der Waals surface area contributed by atoms with E-state index in [9.17, 15) is 13.2 Å². The van der Waals surface area contributed by atoms with E-state index in [1.807, 2.05) is 0 Å². The second kappa shape index (κ2) is 4.27. The quantitative estimate of drug-likeness (QED) is 0.355. The Hall–Kier alpha value is -0.660. The monoisotopic (exact) mass is 184 g/mol. The van der Waals surface area contributed by atoms with Crippen LogP contribution in [0.4, 0.5) is 0 Å². The molecule has 0 bridgehead atoms. The van der Waals surface area contributed by atoms with Crippen LogP contribution in [-0.2, 0) is 24.1 Å². The molecule has 0 spiro atoms. The summed E-state index contributed by atoms with van der Waals surface area (Å²) in [4.78, 5) is 10.1. The van der Waals surface area contributed by atoms with Crippen molar-refractivity contribution in [3.05, 3.63) is 0 Å². The molecule has 11 heavy (non-hydrogen) atoms. The lowest BCUT2D eigenvalue weighted by molar-refractivity contribution is -0.141. The predicted molar refractivity (Wildman–Crippen MR) is 34.1 cm³/mol. The molecule has 0 saturated heterocycles. The fraction of sp³-hybridized carbons (Fsp3) is 0.750. The van der Waals surface area contributed by atoms with Crippen LogP contribution in [0, 0.1) is 0 Å². The van der Waals surface area contributed by atoms with Gasteiger partial charge in [-0.15, -0.1) is 0 Å². The summed E-state index contributed by atoms with van der Waals surface area (Å²) in [7, 11) is -4.41. The summed E-state index contributed by atoms with van der Waals surface area (Å²) in [5.74, 6) is -0.538. The van der Waals surface area contributed by atoms with E-state index in [1.54, 1.807) is 0 Å². The molecule has 0 aromatic heterocycles. The van der Waals surface area contributed by atoms with Gasteiger partial charge in [0.2, 0.25) is 0 Å². The van der Waals surface area contributed by atoms with Gasteiger partial charge in [-0.1, -0.05) is 0 Å². The molecule has 0 unspecified atom stereocenters. The molecule has 0 saturated carbocycles. The van der Waals surface area contributed by atoms with Crippen LogP contribution < -0.4 is 0 Å². The summed E-state index contributed by atoms with van der Waals surface area (Å²) in [6.45, 7) is 0.598. The van der Waals surface area contributed by atoms with Crippen molar-refractivity contribution in [2.45, 2.75) is 6.92 Å². The van der Waals surface area contributed by atoms with Crippen molar-refractivity contribution in [3.8, 4) is 0 Å². The first-order valence-electron chi connectivity index (χ1n) is 2.67. The fourth-order valence-corrected chi connectivity index (χ4v) is 0.603. The number of hydrogen-bond acceptors (Lipinski definition) is 5. The Bertz CT molecular complexity index is 217. The van der Waals surface area contributed by atoms with Crippen molar-refractivity contribution in [1.82, 2.24) is 0 Å². The smallest absolute Gasteiger partial charge is 0.397 e. The van der Waals surface area contributed by atoms with E-state index < -0.39 is 16.4 Å². The normalized spacial score (nSPS) is 11.1. The first-order chi connectivity index (χ1) is 4.92. The molecule has 1 N–H and O–H groups in total. The van der Waals surface area contributed by atoms with Crippen molar-refractivity contribution >= 4 is 16.4 Å². The van der Waals surface area contributed by atoms with Crippen LogP contribution in [0.1, 0.15) is 6.92 Å². The molecule has 0 aromatic rings. The topological polar surface area (TPSA) is 89.9 Å². The molecule has 6 nitrogen and oxygen atoms in total. The zero-order valence-corrected chi connectivity index (χ0v) is 6.63. The average Bonchev–Trinajstić information content (AvgIpc) is 1.78. The number of hydrogen-bond donors (Lipinski definition) is 1. The van der Waals surface area contributed by atoms with E-state index in [0.717, 1.165) is 0 Å². The SMILES string of the molecule is CC(=O)OCCOS(=O)(=O)O. The van der Waals surface area contributed by atoms with Gasteiger partial charge in [-0.3, -0.25) is 9.35 Å². The lowest BCUT2D eigenvalue weighted by Gasteiger charge is -1.99. The van der Waals surface area contributed by atoms with E-state index in [2.05, 4.69) is 8.92 Å². The van der Waals surface area contributed by atoms with Crippen LogP contribution in [0.3, 0.4) is 0 Å². The minimum Gasteiger partial charge on any atom is -0.463 e. The third kappa shape index (κ3) is 9.34. The van der Waals surface area contributed by atoms with Crippen LogP contribution in [-0.4, -0.2) is 32.2 Å². The molecular weight excluding hydrogens is 176 g/mol. The highest BCUT2D eigenvalue weighted by molar-refractivity contribution is 7.80. The maximum absolute atomic E-state index is 10.1. The minimum absolute atomic E-state index is 0.199. The van der Waals surface area contributed by atoms with Crippen LogP contribution in [0.15, 0.2) is 0 Å². The van der Waals surface area contributed by atoms with E-state index in [0.29, 0.717) is 0 Å². The lowest BCUT2D eigenvalue weighted by atomic mass is 10.7. The van der Waals surface area contributed by atoms with E-state index >= 15 is 0 Å². The third-order valence-electron chi connectivity index (χ3n) is 0.621. The Morgan fingerprint density at radius 3 is 2.36 bits per heavy atom. The minimum atomic E-state index is -4.41. The third-order valence-corrected chi connectivity index (χ3v) is 1.09. The van der Waals surface area contributed by atoms with Gasteiger partial charge >= 0.3 is 16.4 Å². The molecule has 7 heteroatoms. The standard InChI is InChI=1S/C4H8O6S/c1-4(5)9-2-3-10-11(6,7)8/h2-3H2,1H3,(H,6,7,8). The summed E-state index contributed by atoms with van der Waals surface area (Å²) in [5.41, 5.74) is 0. The highest BCUT2D eigenvalue weighted by Crippen LogP contribution is 1.85. The summed E-state index contributed by atoms with van der Waals surface area (Å²) in [6.07, 6.45) is 0. The maximum Gasteiger partial charge on any atom is 0.397 e. The van der Waals surface area contributed by atoms with Crippen molar-refractivity contribution in [2.75, 3.05) is 13.2 Å². The van der Waals surface area contributed by atoms with Gasteiger partial charge in [0.25, 0.3) is 0 Å². The zero-order chi connectivity index (χ0) is 8.91. The molecule has 0 aliphatic heterocycles. The molecule has 0 heterocycles. The summed E-state index contributed by atoms with van der Waals surface area (Å²) < 4.78 is 35.9. The molecule has 0 aliphatic carbocycles. The van der Waals surface area contributed by atoms with Gasteiger partial charge in [-0.05, 0) is 0 Å². The molecule has 0 aliphatic rings. The second-order valence-electron chi connectivity index (χ2n) is 1.59. The number of rotatable bonds is 4. The van der Waals surface area contributed by atoms with Gasteiger partial charge in [0.15, 0.2) is 0 Å². The molecule has 0 atom stereocenters. The summed E-state index contributed by atoms with van der Waals surface area (Å²) >= 11 is 0. The molecule has 66 valence electrons. The Morgan fingerprint density at radius 2 is 2.00 bits per heavy atom. The maximum atomic E-state index is 10.1. The van der Waals surface area contributed by atoms with Crippen molar-refractivity contribution in [1.29, 1.82) is 0 Å². The van der Waals surface area contributed by atoms with Crippen molar-refractivity contribution < 1.29 is 26.7 Å². The van der Waals surface area contributed by atoms with E-state index in [-0.39, 0.29) is 13.2 Å². The average molecular weight is 184 g/mol. The Labute approximate surface area is 64.1 Å². The predicted octanol–water partition coefficient (Wildman–Crippen LogP) is -0.631. The first-order valence-corrected chi connectivity index (χ1v) is 4.03. The number of ether oxygens (including phenoxy) is 1. The number of carbonyl (C=O) groups excluding carboxylic acids is 1. The molecule has 0 rings (SSSR count). The second-order valence-corrected chi connectivity index (χ2v) is 2.68. The van der Waals surface area contributed by atoms with Gasteiger partial charge in [0.1, 0.15) is 13.2 Å². The van der Waals surface area contributed by atoms with Crippen LogP contribution >= 0.6 is 0 Å². The zero-order valence-electron chi connectivity index (χ0n) is 5.81. The first kappa shape index (κ1) is 10.3.